The van der Waals surface area contributed by atoms with Crippen molar-refractivity contribution in [2.75, 3.05) is 37.2 Å². The van der Waals surface area contributed by atoms with Crippen LogP contribution in [0.25, 0.3) is 0 Å². The zero-order chi connectivity index (χ0) is 24.9. The van der Waals surface area contributed by atoms with Crippen LogP contribution in [0.5, 0.6) is 0 Å². The molecule has 0 unspecified atom stereocenters. The molecule has 1 aliphatic heterocycles. The highest BCUT2D eigenvalue weighted by Gasteiger charge is 2.31. The van der Waals surface area contributed by atoms with Crippen molar-refractivity contribution in [3.63, 3.8) is 0 Å². The summed E-state index contributed by atoms with van der Waals surface area (Å²) < 4.78 is 60.2. The van der Waals surface area contributed by atoms with Crippen molar-refractivity contribution >= 4 is 37.8 Å². The van der Waals surface area contributed by atoms with Gasteiger partial charge in [0.15, 0.2) is 5.69 Å². The van der Waals surface area contributed by atoms with Crippen LogP contribution in [0.1, 0.15) is 47.8 Å². The predicted molar refractivity (Wildman–Crippen MR) is 129 cm³/mol. The summed E-state index contributed by atoms with van der Waals surface area (Å²) in [7, 11) is -7.63. The van der Waals surface area contributed by atoms with Gasteiger partial charge >= 0.3 is 10.2 Å². The summed E-state index contributed by atoms with van der Waals surface area (Å²) in [6.45, 7) is 6.08. The maximum atomic E-state index is 12.8. The fraction of sp³-hybridized carbons (Fsp3) is 0.524. The molecule has 1 fully saturated rings. The van der Waals surface area contributed by atoms with E-state index in [4.69, 9.17) is 4.42 Å². The third kappa shape index (κ3) is 6.56. The van der Waals surface area contributed by atoms with Crippen LogP contribution in [0.4, 0.5) is 11.7 Å². The van der Waals surface area contributed by atoms with Crippen molar-refractivity contribution in [2.45, 2.75) is 40.0 Å². The molecule has 34 heavy (non-hydrogen) atoms. The van der Waals surface area contributed by atoms with Gasteiger partial charge in [0.05, 0.1) is 5.75 Å². The first-order chi connectivity index (χ1) is 16.0. The van der Waals surface area contributed by atoms with Crippen LogP contribution in [0.2, 0.25) is 0 Å². The Morgan fingerprint density at radius 2 is 1.79 bits per heavy atom. The van der Waals surface area contributed by atoms with Crippen LogP contribution in [0, 0.1) is 13.8 Å². The number of hydrogen-bond acceptors (Lipinski definition) is 8. The van der Waals surface area contributed by atoms with Gasteiger partial charge in [0, 0.05) is 31.9 Å². The minimum atomic E-state index is -4.19. The third-order valence-corrected chi connectivity index (χ3v) is 8.94. The van der Waals surface area contributed by atoms with E-state index >= 15 is 0 Å². The molecule has 0 spiro atoms. The zero-order valence-corrected chi connectivity index (χ0v) is 21.2. The van der Waals surface area contributed by atoms with Gasteiger partial charge in [-0.15, -0.1) is 0 Å². The average molecular weight is 514 g/mol. The van der Waals surface area contributed by atoms with E-state index in [1.54, 1.807) is 0 Å². The lowest BCUT2D eigenvalue weighted by molar-refractivity contribution is 0.0974. The predicted octanol–water partition coefficient (Wildman–Crippen LogP) is 2.15. The third-order valence-electron chi connectivity index (χ3n) is 5.50. The molecule has 3 rings (SSSR count). The highest BCUT2D eigenvalue weighted by molar-refractivity contribution is 7.89. The summed E-state index contributed by atoms with van der Waals surface area (Å²) in [5.41, 5.74) is 2.53. The van der Waals surface area contributed by atoms with E-state index in [1.165, 1.54) is 4.31 Å². The number of hydrogen-bond donors (Lipinski definition) is 2. The number of sulfonamides is 1. The topological polar surface area (TPSA) is 142 Å². The fourth-order valence-electron chi connectivity index (χ4n) is 3.50. The molecule has 0 bridgehead atoms. The van der Waals surface area contributed by atoms with Gasteiger partial charge in [-0.1, -0.05) is 25.5 Å². The monoisotopic (exact) mass is 513 g/mol. The van der Waals surface area contributed by atoms with Crippen LogP contribution >= 0.6 is 0 Å². The van der Waals surface area contributed by atoms with Gasteiger partial charge in [0.25, 0.3) is 11.9 Å². The average Bonchev–Trinajstić information content (AvgIpc) is 3.08. The Kier molecular flexibility index (Phi) is 8.34. The highest BCUT2D eigenvalue weighted by Crippen LogP contribution is 2.21. The Hall–Kier alpha value is -2.48. The molecule has 2 N–H and O–H groups in total. The smallest absolute Gasteiger partial charge is 0.304 e. The molecule has 1 saturated heterocycles. The van der Waals surface area contributed by atoms with E-state index in [0.29, 0.717) is 12.8 Å². The first-order valence-corrected chi connectivity index (χ1v) is 14.2. The molecule has 0 aliphatic carbocycles. The number of rotatable bonds is 9. The Balaban J connectivity index is 1.63. The molecule has 2 aromatic rings. The Bertz CT molecular complexity index is 1230. The van der Waals surface area contributed by atoms with Crippen molar-refractivity contribution in [1.82, 2.24) is 18.3 Å². The fourth-order valence-corrected chi connectivity index (χ4v) is 6.34. The molecular weight excluding hydrogens is 482 g/mol. The van der Waals surface area contributed by atoms with E-state index < -0.39 is 26.1 Å². The number of carbonyl (C=O) groups excluding carboxylic acids is 1. The summed E-state index contributed by atoms with van der Waals surface area (Å²) in [4.78, 5) is 16.6. The van der Waals surface area contributed by atoms with E-state index in [0.717, 1.165) is 33.8 Å². The minimum Gasteiger partial charge on any atom is -0.431 e. The zero-order valence-electron chi connectivity index (χ0n) is 19.6. The first-order valence-electron chi connectivity index (χ1n) is 11.1. The van der Waals surface area contributed by atoms with Crippen LogP contribution < -0.4 is 10.0 Å². The summed E-state index contributed by atoms with van der Waals surface area (Å²) in [6.07, 6.45) is 2.70. The Morgan fingerprint density at radius 3 is 2.53 bits per heavy atom. The van der Waals surface area contributed by atoms with Crippen LogP contribution in [0.3, 0.4) is 0 Å². The van der Waals surface area contributed by atoms with Crippen molar-refractivity contribution in [3.05, 3.63) is 41.3 Å². The second-order valence-electron chi connectivity index (χ2n) is 8.24. The highest BCUT2D eigenvalue weighted by atomic mass is 32.2. The number of oxazole rings is 1. The molecule has 1 amide bonds. The summed E-state index contributed by atoms with van der Waals surface area (Å²) in [5, 5.41) is 2.98. The number of aryl methyl sites for hydroxylation is 2. The molecule has 188 valence electrons. The minimum absolute atomic E-state index is 0.0367. The number of unbranched alkanes of at least 4 members (excludes halogenated alkanes) is 1. The van der Waals surface area contributed by atoms with Crippen molar-refractivity contribution in [3.8, 4) is 0 Å². The van der Waals surface area contributed by atoms with Crippen molar-refractivity contribution in [1.29, 1.82) is 0 Å². The molecule has 0 atom stereocenters. The molecule has 0 saturated carbocycles. The second kappa shape index (κ2) is 10.8. The number of carbonyl (C=O) groups is 1. The van der Waals surface area contributed by atoms with Gasteiger partial charge in [-0.05, 0) is 43.9 Å². The van der Waals surface area contributed by atoms with E-state index in [-0.39, 0.29) is 43.6 Å². The van der Waals surface area contributed by atoms with Crippen LogP contribution in [-0.4, -0.2) is 68.3 Å². The number of aromatic nitrogens is 1. The van der Waals surface area contributed by atoms with E-state index in [1.807, 2.05) is 43.7 Å². The molecule has 2 heterocycles. The molecular formula is C21H31N5O6S2. The Labute approximate surface area is 200 Å². The van der Waals surface area contributed by atoms with Gasteiger partial charge in [0.1, 0.15) is 6.26 Å². The first kappa shape index (κ1) is 26.1. The SMILES string of the molecule is CCCCS(=O)(=O)N1CCCN(S(=O)(=O)NC(=O)c2coc(Nc3cc(C)ccc3C)n2)CC1. The lowest BCUT2D eigenvalue weighted by atomic mass is 10.1. The largest absolute Gasteiger partial charge is 0.431 e. The lowest BCUT2D eigenvalue weighted by Crippen LogP contribution is -2.45. The van der Waals surface area contributed by atoms with Gasteiger partial charge in [-0.2, -0.15) is 17.7 Å². The number of nitrogens with zero attached hydrogens (tertiary/aromatic N) is 3. The van der Waals surface area contributed by atoms with Crippen LogP contribution in [0.15, 0.2) is 28.9 Å². The maximum absolute atomic E-state index is 12.8. The quantitative estimate of drug-likeness (QED) is 0.519. The lowest BCUT2D eigenvalue weighted by Gasteiger charge is -2.21. The van der Waals surface area contributed by atoms with Crippen LogP contribution in [-0.2, 0) is 20.2 Å². The van der Waals surface area contributed by atoms with E-state index in [9.17, 15) is 21.6 Å². The van der Waals surface area contributed by atoms with Gasteiger partial charge in [-0.25, -0.2) is 17.4 Å². The molecule has 1 aliphatic rings. The van der Waals surface area contributed by atoms with Gasteiger partial charge in [0.2, 0.25) is 10.0 Å². The molecule has 11 nitrogen and oxygen atoms in total. The van der Waals surface area contributed by atoms with Crippen molar-refractivity contribution < 1.29 is 26.0 Å². The number of anilines is 2. The number of amides is 1. The standard InChI is InChI=1S/C21H31N5O6S2/c1-4-5-13-33(28,29)25-9-6-10-26(12-11-25)34(30,31)24-20(27)19-15-32-21(23-19)22-18-14-16(2)7-8-17(18)3/h7-8,14-15H,4-6,9-13H2,1-3H3,(H,22,23)(H,24,27). The summed E-state index contributed by atoms with van der Waals surface area (Å²) in [5.74, 6) is -0.896. The van der Waals surface area contributed by atoms with Crippen molar-refractivity contribution in [2.24, 2.45) is 0 Å². The Morgan fingerprint density at radius 1 is 1.09 bits per heavy atom. The normalized spacial score (nSPS) is 16.2. The summed E-state index contributed by atoms with van der Waals surface area (Å²) >= 11 is 0. The van der Waals surface area contributed by atoms with Gasteiger partial charge in [-0.3, -0.25) is 4.79 Å². The molecule has 13 heteroatoms. The summed E-state index contributed by atoms with van der Waals surface area (Å²) in [6, 6.07) is 5.84. The molecule has 1 aromatic heterocycles. The van der Waals surface area contributed by atoms with Gasteiger partial charge < -0.3 is 9.73 Å². The molecule has 0 radical (unpaired) electrons. The maximum Gasteiger partial charge on any atom is 0.304 e. The molecule has 1 aromatic carbocycles. The van der Waals surface area contributed by atoms with E-state index in [2.05, 4.69) is 10.3 Å². The second-order valence-corrected chi connectivity index (χ2v) is 12.0. The number of nitrogens with one attached hydrogen (secondary N) is 2. The number of benzene rings is 1.